The molecule has 168 valence electrons. The van der Waals surface area contributed by atoms with Crippen molar-refractivity contribution in [2.24, 2.45) is 11.8 Å². The molecule has 1 fully saturated rings. The first kappa shape index (κ1) is 23.4. The third-order valence-electron chi connectivity index (χ3n) is 6.53. The van der Waals surface area contributed by atoms with Crippen LogP contribution in [-0.2, 0) is 0 Å². The lowest BCUT2D eigenvalue weighted by Crippen LogP contribution is -2.15. The van der Waals surface area contributed by atoms with E-state index in [1.54, 1.807) is 12.1 Å². The Kier molecular flexibility index (Phi) is 9.45. The van der Waals surface area contributed by atoms with Gasteiger partial charge in [-0.05, 0) is 68.0 Å². The van der Waals surface area contributed by atoms with E-state index in [1.165, 1.54) is 57.8 Å². The molecule has 0 aliphatic heterocycles. The van der Waals surface area contributed by atoms with Crippen LogP contribution in [0, 0.1) is 18.8 Å². The fraction of sp³-hybridized carbons (Fsp3) is 0.536. The van der Waals surface area contributed by atoms with Crippen LogP contribution in [0.1, 0.15) is 87.1 Å². The van der Waals surface area contributed by atoms with Crippen LogP contribution in [0.25, 0.3) is 0 Å². The number of carbonyl (C=O) groups excluding carboxylic acids is 1. The minimum Gasteiger partial charge on any atom is -0.494 e. The second-order valence-electron chi connectivity index (χ2n) is 9.10. The molecule has 3 heteroatoms. The lowest BCUT2D eigenvalue weighted by Gasteiger charge is -2.28. The molecule has 3 rings (SSSR count). The maximum Gasteiger partial charge on any atom is 0.343 e. The van der Waals surface area contributed by atoms with Crippen LogP contribution in [0.15, 0.2) is 48.5 Å². The second-order valence-corrected chi connectivity index (χ2v) is 9.10. The Balaban J connectivity index is 1.32. The van der Waals surface area contributed by atoms with Crippen molar-refractivity contribution < 1.29 is 14.3 Å². The fourth-order valence-electron chi connectivity index (χ4n) is 4.51. The standard InChI is InChI=1S/C28H38O3/c1-3-4-5-7-23-11-13-24(14-12-23)8-6-21-30-26-19-15-25(16-20-26)28(29)31-27-17-9-22(2)10-18-27/h9-10,15-20,23-24H,3-8,11-14,21H2,1-2H3/t23-,24-. The summed E-state index contributed by atoms with van der Waals surface area (Å²) in [4.78, 5) is 12.3. The maximum absolute atomic E-state index is 12.3. The van der Waals surface area contributed by atoms with Crippen LogP contribution in [0.2, 0.25) is 0 Å². The first-order valence-electron chi connectivity index (χ1n) is 12.2. The summed E-state index contributed by atoms with van der Waals surface area (Å²) >= 11 is 0. The molecule has 0 amide bonds. The number of hydrogen-bond donors (Lipinski definition) is 0. The van der Waals surface area contributed by atoms with E-state index in [1.807, 2.05) is 43.3 Å². The predicted octanol–water partition coefficient (Wildman–Crippen LogP) is 7.76. The van der Waals surface area contributed by atoms with Crippen LogP contribution in [0.3, 0.4) is 0 Å². The van der Waals surface area contributed by atoms with Crippen molar-refractivity contribution in [2.75, 3.05) is 6.61 Å². The van der Waals surface area contributed by atoms with Crippen molar-refractivity contribution in [2.45, 2.75) is 78.1 Å². The van der Waals surface area contributed by atoms with E-state index in [-0.39, 0.29) is 5.97 Å². The smallest absolute Gasteiger partial charge is 0.343 e. The zero-order chi connectivity index (χ0) is 21.9. The zero-order valence-electron chi connectivity index (χ0n) is 19.3. The van der Waals surface area contributed by atoms with E-state index in [2.05, 4.69) is 6.92 Å². The number of unbranched alkanes of at least 4 members (excludes halogenated alkanes) is 2. The maximum atomic E-state index is 12.3. The van der Waals surface area contributed by atoms with Crippen LogP contribution in [0.4, 0.5) is 0 Å². The largest absolute Gasteiger partial charge is 0.494 e. The third-order valence-corrected chi connectivity index (χ3v) is 6.53. The topological polar surface area (TPSA) is 35.5 Å². The van der Waals surface area contributed by atoms with Crippen molar-refractivity contribution in [3.63, 3.8) is 0 Å². The molecule has 1 aliphatic carbocycles. The Labute approximate surface area is 188 Å². The highest BCUT2D eigenvalue weighted by atomic mass is 16.5. The first-order valence-corrected chi connectivity index (χ1v) is 12.2. The van der Waals surface area contributed by atoms with Gasteiger partial charge in [-0.3, -0.25) is 0 Å². The van der Waals surface area contributed by atoms with Gasteiger partial charge in [-0.1, -0.05) is 76.0 Å². The summed E-state index contributed by atoms with van der Waals surface area (Å²) < 4.78 is 11.3. The molecule has 0 radical (unpaired) electrons. The number of benzene rings is 2. The molecule has 0 atom stereocenters. The molecular weight excluding hydrogens is 384 g/mol. The molecule has 0 N–H and O–H groups in total. The third kappa shape index (κ3) is 8.05. The monoisotopic (exact) mass is 422 g/mol. The Hall–Kier alpha value is -2.29. The minimum atomic E-state index is -0.347. The highest BCUT2D eigenvalue weighted by Crippen LogP contribution is 2.34. The van der Waals surface area contributed by atoms with Crippen LogP contribution in [0.5, 0.6) is 11.5 Å². The molecule has 1 saturated carbocycles. The minimum absolute atomic E-state index is 0.347. The molecule has 2 aromatic rings. The summed E-state index contributed by atoms with van der Waals surface area (Å²) in [6.07, 6.45) is 13.6. The Morgan fingerprint density at radius 1 is 0.806 bits per heavy atom. The fourth-order valence-corrected chi connectivity index (χ4v) is 4.51. The highest BCUT2D eigenvalue weighted by Gasteiger charge is 2.20. The molecule has 0 heterocycles. The van der Waals surface area contributed by atoms with Crippen LogP contribution < -0.4 is 9.47 Å². The average molecular weight is 423 g/mol. The molecule has 0 saturated heterocycles. The summed E-state index contributed by atoms with van der Waals surface area (Å²) in [5.74, 6) is 2.89. The number of carbonyl (C=O) groups is 1. The molecule has 0 aromatic heterocycles. The van der Waals surface area contributed by atoms with Gasteiger partial charge in [0.2, 0.25) is 0 Å². The summed E-state index contributed by atoms with van der Waals surface area (Å²) in [6.45, 7) is 5.03. The number of esters is 1. The van der Waals surface area contributed by atoms with Gasteiger partial charge in [-0.25, -0.2) is 4.79 Å². The highest BCUT2D eigenvalue weighted by molar-refractivity contribution is 5.91. The van der Waals surface area contributed by atoms with E-state index in [0.29, 0.717) is 11.3 Å². The summed E-state index contributed by atoms with van der Waals surface area (Å²) in [6, 6.07) is 14.7. The number of aryl methyl sites for hydroxylation is 1. The van der Waals surface area contributed by atoms with Gasteiger partial charge in [-0.2, -0.15) is 0 Å². The Morgan fingerprint density at radius 3 is 2.00 bits per heavy atom. The van der Waals surface area contributed by atoms with Gasteiger partial charge < -0.3 is 9.47 Å². The van der Waals surface area contributed by atoms with E-state index in [9.17, 15) is 4.79 Å². The van der Waals surface area contributed by atoms with Crippen molar-refractivity contribution in [3.8, 4) is 11.5 Å². The van der Waals surface area contributed by atoms with E-state index in [4.69, 9.17) is 9.47 Å². The van der Waals surface area contributed by atoms with Gasteiger partial charge in [0.15, 0.2) is 0 Å². The Bertz CT molecular complexity index is 771. The lowest BCUT2D eigenvalue weighted by atomic mass is 9.78. The lowest BCUT2D eigenvalue weighted by molar-refractivity contribution is 0.0734. The van der Waals surface area contributed by atoms with Gasteiger partial charge >= 0.3 is 5.97 Å². The van der Waals surface area contributed by atoms with Crippen molar-refractivity contribution >= 4 is 5.97 Å². The second kappa shape index (κ2) is 12.5. The summed E-state index contributed by atoms with van der Waals surface area (Å²) in [5, 5.41) is 0. The van der Waals surface area contributed by atoms with Gasteiger partial charge in [-0.15, -0.1) is 0 Å². The van der Waals surface area contributed by atoms with Crippen molar-refractivity contribution in [1.29, 1.82) is 0 Å². The Morgan fingerprint density at radius 2 is 1.39 bits per heavy atom. The normalized spacial score (nSPS) is 18.5. The van der Waals surface area contributed by atoms with Crippen LogP contribution >= 0.6 is 0 Å². The molecule has 3 nitrogen and oxygen atoms in total. The molecule has 31 heavy (non-hydrogen) atoms. The van der Waals surface area contributed by atoms with Crippen molar-refractivity contribution in [1.82, 2.24) is 0 Å². The number of ether oxygens (including phenoxy) is 2. The summed E-state index contributed by atoms with van der Waals surface area (Å²) in [7, 11) is 0. The van der Waals surface area contributed by atoms with Gasteiger partial charge in [0.05, 0.1) is 12.2 Å². The number of rotatable bonds is 11. The van der Waals surface area contributed by atoms with Gasteiger partial charge in [0, 0.05) is 0 Å². The van der Waals surface area contributed by atoms with E-state index < -0.39 is 0 Å². The van der Waals surface area contributed by atoms with E-state index >= 15 is 0 Å². The predicted molar refractivity (Wildman–Crippen MR) is 127 cm³/mol. The average Bonchev–Trinajstić information content (AvgIpc) is 2.80. The quantitative estimate of drug-likeness (QED) is 0.211. The first-order chi connectivity index (χ1) is 15.1. The van der Waals surface area contributed by atoms with Gasteiger partial charge in [0.1, 0.15) is 11.5 Å². The van der Waals surface area contributed by atoms with Crippen molar-refractivity contribution in [3.05, 3.63) is 59.7 Å². The SMILES string of the molecule is CCCCC[C@H]1CC[C@H](CCCOc2ccc(C(=O)Oc3ccc(C)cc3)cc2)CC1. The summed E-state index contributed by atoms with van der Waals surface area (Å²) in [5.41, 5.74) is 1.67. The molecule has 0 bridgehead atoms. The molecule has 2 aromatic carbocycles. The molecule has 0 unspecified atom stereocenters. The zero-order valence-corrected chi connectivity index (χ0v) is 19.3. The molecule has 1 aliphatic rings. The van der Waals surface area contributed by atoms with Gasteiger partial charge in [0.25, 0.3) is 0 Å². The van der Waals surface area contributed by atoms with Crippen LogP contribution in [-0.4, -0.2) is 12.6 Å². The van der Waals surface area contributed by atoms with E-state index in [0.717, 1.165) is 36.2 Å². The molecule has 0 spiro atoms. The number of hydrogen-bond acceptors (Lipinski definition) is 3. The molecular formula is C28H38O3.